The number of carbonyl (C=O) groups is 1. The highest BCUT2D eigenvalue weighted by atomic mass is 35.5. The van der Waals surface area contributed by atoms with Gasteiger partial charge >= 0.3 is 0 Å². The summed E-state index contributed by atoms with van der Waals surface area (Å²) in [5.41, 5.74) is 16.2. The van der Waals surface area contributed by atoms with E-state index in [1.165, 1.54) is 0 Å². The largest absolute Gasteiger partial charge is 0.494 e. The summed E-state index contributed by atoms with van der Waals surface area (Å²) in [5.74, 6) is 0.592. The Morgan fingerprint density at radius 2 is 1.88 bits per heavy atom. The molecule has 40 heavy (non-hydrogen) atoms. The van der Waals surface area contributed by atoms with Crippen molar-refractivity contribution < 1.29 is 19.4 Å². The molecule has 1 amide bonds. The second kappa shape index (κ2) is 13.8. The average Bonchev–Trinajstić information content (AvgIpc) is 3.30. The third-order valence-corrected chi connectivity index (χ3v) is 6.98. The molecule has 2 atom stereocenters. The standard InChI is InChI=1S/C29H31ClN6O4/c1-20-29(19-23-8-3-5-10-26(23)34-36-31,28(38)35-32-16-15-21-7-2-4-9-25(21)30)33-27(40-20)22-11-13-24(14-12-22)39-18-6-17-37/h2-5,7-14,20,32,37H,6,15-19H2,1H3,(H,35,38)/t20-,29-/m0/s1. The minimum Gasteiger partial charge on any atom is -0.494 e. The maximum absolute atomic E-state index is 13.8. The number of halogens is 1. The van der Waals surface area contributed by atoms with Crippen molar-refractivity contribution in [1.29, 1.82) is 0 Å². The lowest BCUT2D eigenvalue weighted by atomic mass is 9.85. The van der Waals surface area contributed by atoms with E-state index in [1.807, 2.05) is 48.5 Å². The molecule has 1 heterocycles. The lowest BCUT2D eigenvalue weighted by Gasteiger charge is -2.28. The van der Waals surface area contributed by atoms with Crippen molar-refractivity contribution in [2.75, 3.05) is 19.8 Å². The van der Waals surface area contributed by atoms with E-state index in [0.717, 1.165) is 5.56 Å². The molecular weight excluding hydrogens is 532 g/mol. The number of aliphatic hydroxyl groups excluding tert-OH is 1. The second-order valence-electron chi connectivity index (χ2n) is 9.27. The zero-order chi connectivity index (χ0) is 28.4. The summed E-state index contributed by atoms with van der Waals surface area (Å²) < 4.78 is 11.8. The molecular formula is C29H31ClN6O4. The Balaban J connectivity index is 1.57. The van der Waals surface area contributed by atoms with Gasteiger partial charge in [0.2, 0.25) is 5.90 Å². The monoisotopic (exact) mass is 562 g/mol. The molecule has 0 bridgehead atoms. The molecule has 0 aliphatic carbocycles. The number of benzene rings is 3. The van der Waals surface area contributed by atoms with E-state index >= 15 is 0 Å². The van der Waals surface area contributed by atoms with Crippen LogP contribution in [0.1, 0.15) is 30.0 Å². The quantitative estimate of drug-likeness (QED) is 0.0878. The number of hydrogen-bond acceptors (Lipinski definition) is 7. The van der Waals surface area contributed by atoms with Crippen LogP contribution in [-0.4, -0.2) is 48.3 Å². The molecule has 11 heteroatoms. The van der Waals surface area contributed by atoms with Gasteiger partial charge in [-0.15, -0.1) is 0 Å². The van der Waals surface area contributed by atoms with Crippen LogP contribution >= 0.6 is 11.6 Å². The maximum Gasteiger partial charge on any atom is 0.266 e. The van der Waals surface area contributed by atoms with Crippen LogP contribution in [0.25, 0.3) is 10.4 Å². The normalized spacial score (nSPS) is 17.9. The third-order valence-electron chi connectivity index (χ3n) is 6.61. The van der Waals surface area contributed by atoms with Crippen molar-refractivity contribution in [3.63, 3.8) is 0 Å². The van der Waals surface area contributed by atoms with Crippen molar-refractivity contribution in [2.45, 2.75) is 37.8 Å². The Hall–Kier alpha value is -4.08. The number of nitrogens with zero attached hydrogens (tertiary/aromatic N) is 4. The van der Waals surface area contributed by atoms with Crippen LogP contribution < -0.4 is 15.6 Å². The molecule has 3 aromatic rings. The first-order valence-electron chi connectivity index (χ1n) is 13.0. The fourth-order valence-corrected chi connectivity index (χ4v) is 4.62. The Bertz CT molecular complexity index is 1390. The van der Waals surface area contributed by atoms with Gasteiger partial charge < -0.3 is 14.6 Å². The van der Waals surface area contributed by atoms with Crippen molar-refractivity contribution in [3.05, 3.63) is 105 Å². The number of nitrogens with one attached hydrogen (secondary N) is 2. The van der Waals surface area contributed by atoms with Crippen LogP contribution in [0.4, 0.5) is 5.69 Å². The molecule has 4 rings (SSSR count). The van der Waals surface area contributed by atoms with Crippen molar-refractivity contribution in [1.82, 2.24) is 10.9 Å². The van der Waals surface area contributed by atoms with E-state index < -0.39 is 11.6 Å². The molecule has 0 fully saturated rings. The van der Waals surface area contributed by atoms with E-state index in [-0.39, 0.29) is 18.9 Å². The van der Waals surface area contributed by atoms with Gasteiger partial charge in [0.05, 0.1) is 6.61 Å². The predicted octanol–water partition coefficient (Wildman–Crippen LogP) is 5.05. The third kappa shape index (κ3) is 6.91. The smallest absolute Gasteiger partial charge is 0.266 e. The van der Waals surface area contributed by atoms with Crippen LogP contribution in [-0.2, 0) is 22.4 Å². The van der Waals surface area contributed by atoms with Crippen molar-refractivity contribution >= 4 is 29.1 Å². The number of amides is 1. The number of rotatable bonds is 13. The number of hydrogen-bond donors (Lipinski definition) is 3. The highest BCUT2D eigenvalue weighted by Gasteiger charge is 2.50. The predicted molar refractivity (Wildman–Crippen MR) is 154 cm³/mol. The summed E-state index contributed by atoms with van der Waals surface area (Å²) in [6.07, 6.45) is 0.663. The number of aliphatic imine (C=N–C) groups is 1. The minimum absolute atomic E-state index is 0.0580. The van der Waals surface area contributed by atoms with E-state index in [1.54, 1.807) is 31.2 Å². The Labute approximate surface area is 237 Å². The molecule has 3 N–H and O–H groups in total. The molecule has 10 nitrogen and oxygen atoms in total. The first-order valence-corrected chi connectivity index (χ1v) is 13.3. The van der Waals surface area contributed by atoms with Crippen LogP contribution in [0.5, 0.6) is 5.75 Å². The highest BCUT2D eigenvalue weighted by Crippen LogP contribution is 2.35. The molecule has 0 aromatic heterocycles. The van der Waals surface area contributed by atoms with Crippen LogP contribution in [0.2, 0.25) is 5.02 Å². The first kappa shape index (κ1) is 28.9. The Morgan fingerprint density at radius 1 is 1.15 bits per heavy atom. The lowest BCUT2D eigenvalue weighted by Crippen LogP contribution is -2.56. The van der Waals surface area contributed by atoms with Gasteiger partial charge in [-0.3, -0.25) is 10.2 Å². The van der Waals surface area contributed by atoms with Gasteiger partial charge in [0.25, 0.3) is 5.91 Å². The first-order chi connectivity index (χ1) is 19.5. The topological polar surface area (TPSA) is 141 Å². The summed E-state index contributed by atoms with van der Waals surface area (Å²) in [4.78, 5) is 21.5. The van der Waals surface area contributed by atoms with Gasteiger partial charge in [0.1, 0.15) is 11.9 Å². The van der Waals surface area contributed by atoms with Gasteiger partial charge in [-0.1, -0.05) is 59.2 Å². The summed E-state index contributed by atoms with van der Waals surface area (Å²) in [5, 5.41) is 13.4. The zero-order valence-electron chi connectivity index (χ0n) is 22.1. The van der Waals surface area contributed by atoms with Crippen LogP contribution in [0, 0.1) is 0 Å². The maximum atomic E-state index is 13.8. The Kier molecular flexibility index (Phi) is 9.99. The number of carbonyl (C=O) groups excluding carboxylic acids is 1. The molecule has 1 aliphatic heterocycles. The average molecular weight is 563 g/mol. The summed E-state index contributed by atoms with van der Waals surface area (Å²) in [6, 6.07) is 21.8. The van der Waals surface area contributed by atoms with E-state index in [2.05, 4.69) is 20.9 Å². The second-order valence-corrected chi connectivity index (χ2v) is 9.68. The van der Waals surface area contributed by atoms with E-state index in [0.29, 0.717) is 59.5 Å². The fraction of sp³-hybridized carbons (Fsp3) is 0.310. The van der Waals surface area contributed by atoms with Crippen LogP contribution in [0.3, 0.4) is 0 Å². The van der Waals surface area contributed by atoms with Gasteiger partial charge in [-0.25, -0.2) is 10.4 Å². The summed E-state index contributed by atoms with van der Waals surface area (Å²) in [6.45, 7) is 2.71. The molecule has 0 spiro atoms. The fourth-order valence-electron chi connectivity index (χ4n) is 4.39. The van der Waals surface area contributed by atoms with Gasteiger partial charge in [0.15, 0.2) is 5.54 Å². The molecule has 0 radical (unpaired) electrons. The summed E-state index contributed by atoms with van der Waals surface area (Å²) >= 11 is 6.26. The van der Waals surface area contributed by atoms with Crippen molar-refractivity contribution in [2.24, 2.45) is 10.1 Å². The number of hydrazine groups is 1. The van der Waals surface area contributed by atoms with Gasteiger partial charge in [-0.05, 0) is 60.3 Å². The van der Waals surface area contributed by atoms with E-state index in [4.69, 9.17) is 36.7 Å². The molecule has 3 aromatic carbocycles. The van der Waals surface area contributed by atoms with E-state index in [9.17, 15) is 4.79 Å². The number of aliphatic hydroxyl groups is 1. The Morgan fingerprint density at radius 3 is 2.60 bits per heavy atom. The minimum atomic E-state index is -1.34. The van der Waals surface area contributed by atoms with Gasteiger partial charge in [-0.2, -0.15) is 0 Å². The zero-order valence-corrected chi connectivity index (χ0v) is 22.8. The molecule has 1 aliphatic rings. The molecule has 208 valence electrons. The van der Waals surface area contributed by atoms with Crippen LogP contribution in [0.15, 0.2) is 82.9 Å². The highest BCUT2D eigenvalue weighted by molar-refractivity contribution is 6.31. The van der Waals surface area contributed by atoms with Crippen molar-refractivity contribution in [3.8, 4) is 5.75 Å². The molecule has 0 saturated heterocycles. The SMILES string of the molecule is C[C@@H]1OC(c2ccc(OCCCO)cc2)=N[C@]1(Cc1ccccc1N=[N+]=[N-])C(=O)NNCCc1ccccc1Cl. The number of ether oxygens (including phenoxy) is 2. The lowest BCUT2D eigenvalue weighted by molar-refractivity contribution is -0.129. The summed E-state index contributed by atoms with van der Waals surface area (Å²) in [7, 11) is 0. The molecule has 0 unspecified atom stereocenters. The van der Waals surface area contributed by atoms with Gasteiger partial charge in [0, 0.05) is 47.2 Å². The number of azide groups is 1. The molecule has 0 saturated carbocycles.